The van der Waals surface area contributed by atoms with Gasteiger partial charge in [0.15, 0.2) is 17.6 Å². The van der Waals surface area contributed by atoms with E-state index in [2.05, 4.69) is 4.90 Å². The van der Waals surface area contributed by atoms with E-state index < -0.39 is 18.1 Å². The molecule has 0 saturated carbocycles. The van der Waals surface area contributed by atoms with Crippen molar-refractivity contribution >= 4 is 5.97 Å². The van der Waals surface area contributed by atoms with Gasteiger partial charge in [0.05, 0.1) is 13.2 Å². The smallest absolute Gasteiger partial charge is 0.336 e. The van der Waals surface area contributed by atoms with Crippen molar-refractivity contribution in [1.82, 2.24) is 4.90 Å². The van der Waals surface area contributed by atoms with Gasteiger partial charge in [-0.2, -0.15) is 0 Å². The molecule has 2 unspecified atom stereocenters. The van der Waals surface area contributed by atoms with Crippen LogP contribution in [0.15, 0.2) is 78.9 Å². The van der Waals surface area contributed by atoms with Crippen LogP contribution in [0.25, 0.3) is 0 Å². The molecular weight excluding hydrogens is 406 g/mol. The number of ether oxygens (including phenoxy) is 3. The van der Waals surface area contributed by atoms with Crippen LogP contribution in [-0.4, -0.2) is 42.0 Å². The summed E-state index contributed by atoms with van der Waals surface area (Å²) in [5, 5.41) is 11.0. The first-order chi connectivity index (χ1) is 15.6. The van der Waals surface area contributed by atoms with Gasteiger partial charge < -0.3 is 19.3 Å². The zero-order chi connectivity index (χ0) is 22.3. The minimum atomic E-state index is -1.31. The minimum absolute atomic E-state index is 0.196. The van der Waals surface area contributed by atoms with Gasteiger partial charge in [0.25, 0.3) is 0 Å². The van der Waals surface area contributed by atoms with Crippen LogP contribution in [0.2, 0.25) is 0 Å². The summed E-state index contributed by atoms with van der Waals surface area (Å²) in [5.74, 6) is 0.720. The number of carbonyl (C=O) groups is 1. The molecule has 166 valence electrons. The Morgan fingerprint density at radius 3 is 2.09 bits per heavy atom. The van der Waals surface area contributed by atoms with Crippen molar-refractivity contribution in [3.05, 3.63) is 95.6 Å². The lowest BCUT2D eigenvalue weighted by Gasteiger charge is -2.34. The molecule has 0 aliphatic carbocycles. The van der Waals surface area contributed by atoms with E-state index >= 15 is 0 Å². The highest BCUT2D eigenvalue weighted by Gasteiger charge is 2.33. The van der Waals surface area contributed by atoms with Gasteiger partial charge in [-0.15, -0.1) is 0 Å². The van der Waals surface area contributed by atoms with Crippen LogP contribution in [0.1, 0.15) is 16.7 Å². The summed E-state index contributed by atoms with van der Waals surface area (Å²) in [4.78, 5) is 14.5. The second-order valence-electron chi connectivity index (χ2n) is 7.80. The monoisotopic (exact) mass is 433 g/mol. The number of hydrogen-bond donors (Lipinski definition) is 1. The predicted octanol–water partition coefficient (Wildman–Crippen LogP) is 3.56. The van der Waals surface area contributed by atoms with E-state index in [9.17, 15) is 9.90 Å². The average Bonchev–Trinajstić information content (AvgIpc) is 3.30. The van der Waals surface area contributed by atoms with Crippen molar-refractivity contribution in [2.75, 3.05) is 13.9 Å². The fourth-order valence-electron chi connectivity index (χ4n) is 3.95. The molecule has 0 radical (unpaired) electrons. The van der Waals surface area contributed by atoms with Crippen LogP contribution in [0, 0.1) is 0 Å². The summed E-state index contributed by atoms with van der Waals surface area (Å²) >= 11 is 0. The highest BCUT2D eigenvalue weighted by Crippen LogP contribution is 2.33. The first-order valence-corrected chi connectivity index (χ1v) is 10.6. The second-order valence-corrected chi connectivity index (χ2v) is 7.80. The number of nitrogens with zero attached hydrogens (tertiary/aromatic N) is 1. The normalized spacial score (nSPS) is 14.2. The molecule has 4 rings (SSSR count). The lowest BCUT2D eigenvalue weighted by Crippen LogP contribution is -2.48. The standard InChI is InChI=1S/C26H27NO5/c1-30-26(29)25(28)22(14-21-12-13-23-24(15-21)32-18-31-23)27(16-19-8-4-2-5-9-19)17-20-10-6-3-7-11-20/h2-13,15,22,25,28H,14,16-18H2,1H3. The molecule has 1 heterocycles. The Bertz CT molecular complexity index is 983. The molecule has 0 bridgehead atoms. The van der Waals surface area contributed by atoms with Crippen molar-refractivity contribution in [2.45, 2.75) is 31.7 Å². The topological polar surface area (TPSA) is 68.2 Å². The lowest BCUT2D eigenvalue weighted by molar-refractivity contribution is -0.154. The fraction of sp³-hybridized carbons (Fsp3) is 0.269. The van der Waals surface area contributed by atoms with Gasteiger partial charge in [0.1, 0.15) is 0 Å². The summed E-state index contributed by atoms with van der Waals surface area (Å²) in [5.41, 5.74) is 3.13. The van der Waals surface area contributed by atoms with Crippen molar-refractivity contribution in [3.63, 3.8) is 0 Å². The van der Waals surface area contributed by atoms with Gasteiger partial charge in [-0.25, -0.2) is 4.79 Å². The van der Waals surface area contributed by atoms with E-state index in [-0.39, 0.29) is 6.79 Å². The van der Waals surface area contributed by atoms with Crippen LogP contribution >= 0.6 is 0 Å². The van der Waals surface area contributed by atoms with Crippen molar-refractivity contribution < 1.29 is 24.1 Å². The molecule has 2 atom stereocenters. The van der Waals surface area contributed by atoms with Crippen molar-refractivity contribution in [3.8, 4) is 11.5 Å². The molecule has 6 nitrogen and oxygen atoms in total. The van der Waals surface area contributed by atoms with E-state index in [1.54, 1.807) is 0 Å². The molecule has 0 saturated heterocycles. The fourth-order valence-corrected chi connectivity index (χ4v) is 3.95. The summed E-state index contributed by atoms with van der Waals surface area (Å²) in [7, 11) is 1.29. The van der Waals surface area contributed by atoms with Gasteiger partial charge in [-0.3, -0.25) is 4.90 Å². The minimum Gasteiger partial charge on any atom is -0.467 e. The SMILES string of the molecule is COC(=O)C(O)C(Cc1ccc2c(c1)OCO2)N(Cc1ccccc1)Cc1ccccc1. The van der Waals surface area contributed by atoms with E-state index in [1.807, 2.05) is 78.9 Å². The predicted molar refractivity (Wildman–Crippen MR) is 120 cm³/mol. The summed E-state index contributed by atoms with van der Waals surface area (Å²) < 4.78 is 15.8. The molecule has 1 aliphatic rings. The lowest BCUT2D eigenvalue weighted by atomic mass is 9.97. The number of aliphatic hydroxyl groups excluding tert-OH is 1. The third-order valence-corrected chi connectivity index (χ3v) is 5.61. The zero-order valence-electron chi connectivity index (χ0n) is 18.0. The summed E-state index contributed by atoms with van der Waals surface area (Å²) in [6, 6.07) is 25.2. The molecule has 0 fully saturated rings. The van der Waals surface area contributed by atoms with E-state index in [0.29, 0.717) is 31.0 Å². The summed E-state index contributed by atoms with van der Waals surface area (Å²) in [6.07, 6.45) is -0.870. The van der Waals surface area contributed by atoms with Gasteiger partial charge in [0, 0.05) is 13.1 Å². The number of hydrogen-bond acceptors (Lipinski definition) is 6. The number of methoxy groups -OCH3 is 1. The molecule has 3 aromatic rings. The Hall–Kier alpha value is -3.35. The van der Waals surface area contributed by atoms with Gasteiger partial charge in [-0.1, -0.05) is 66.7 Å². The third kappa shape index (κ3) is 5.28. The van der Waals surface area contributed by atoms with Crippen LogP contribution in [0.4, 0.5) is 0 Å². The number of carbonyl (C=O) groups excluding carboxylic acids is 1. The largest absolute Gasteiger partial charge is 0.467 e. The highest BCUT2D eigenvalue weighted by atomic mass is 16.7. The van der Waals surface area contributed by atoms with E-state index in [0.717, 1.165) is 16.7 Å². The number of fused-ring (bicyclic) bond motifs is 1. The maximum absolute atomic E-state index is 12.4. The Kier molecular flexibility index (Phi) is 7.04. The van der Waals surface area contributed by atoms with Crippen molar-refractivity contribution in [1.29, 1.82) is 0 Å². The number of benzene rings is 3. The Labute approximate surface area is 188 Å². The number of esters is 1. The summed E-state index contributed by atoms with van der Waals surface area (Å²) in [6.45, 7) is 1.33. The van der Waals surface area contributed by atoms with Crippen molar-refractivity contribution in [2.24, 2.45) is 0 Å². The van der Waals surface area contributed by atoms with Crippen LogP contribution in [0.3, 0.4) is 0 Å². The third-order valence-electron chi connectivity index (χ3n) is 5.61. The van der Waals surface area contributed by atoms with Gasteiger partial charge in [0.2, 0.25) is 6.79 Å². The maximum Gasteiger partial charge on any atom is 0.336 e. The Morgan fingerprint density at radius 1 is 0.906 bits per heavy atom. The first-order valence-electron chi connectivity index (χ1n) is 10.6. The second kappa shape index (κ2) is 10.3. The van der Waals surface area contributed by atoms with E-state index in [1.165, 1.54) is 7.11 Å². The molecule has 0 aromatic heterocycles. The molecule has 32 heavy (non-hydrogen) atoms. The highest BCUT2D eigenvalue weighted by molar-refractivity contribution is 5.75. The van der Waals surface area contributed by atoms with Gasteiger partial charge >= 0.3 is 5.97 Å². The molecule has 0 amide bonds. The molecule has 0 spiro atoms. The number of rotatable bonds is 9. The number of aliphatic hydroxyl groups is 1. The quantitative estimate of drug-likeness (QED) is 0.521. The Morgan fingerprint density at radius 2 is 1.50 bits per heavy atom. The van der Waals surface area contributed by atoms with Crippen LogP contribution in [-0.2, 0) is 29.0 Å². The molecule has 6 heteroatoms. The van der Waals surface area contributed by atoms with Crippen LogP contribution in [0.5, 0.6) is 11.5 Å². The zero-order valence-corrected chi connectivity index (χ0v) is 18.0. The Balaban J connectivity index is 1.66. The van der Waals surface area contributed by atoms with E-state index in [4.69, 9.17) is 14.2 Å². The maximum atomic E-state index is 12.4. The average molecular weight is 434 g/mol. The van der Waals surface area contributed by atoms with Crippen LogP contribution < -0.4 is 9.47 Å². The molecule has 1 aliphatic heterocycles. The first kappa shape index (κ1) is 21.9. The molecular formula is C26H27NO5. The molecule has 3 aromatic carbocycles. The van der Waals surface area contributed by atoms with Gasteiger partial charge in [-0.05, 0) is 35.2 Å². The molecule has 1 N–H and O–H groups in total.